The van der Waals surface area contributed by atoms with Crippen LogP contribution in [0.25, 0.3) is 0 Å². The van der Waals surface area contributed by atoms with Crippen LogP contribution in [-0.4, -0.2) is 63.5 Å². The highest BCUT2D eigenvalue weighted by Crippen LogP contribution is 2.25. The number of hydrogen-bond acceptors (Lipinski definition) is 5. The number of aryl methyl sites for hydroxylation is 2. The van der Waals surface area contributed by atoms with E-state index < -0.39 is 12.0 Å². The molecule has 3 amide bonds. The molecule has 0 saturated carbocycles. The predicted molar refractivity (Wildman–Crippen MR) is 114 cm³/mol. The molecule has 0 radical (unpaired) electrons. The first kappa shape index (κ1) is 22.0. The summed E-state index contributed by atoms with van der Waals surface area (Å²) in [6.45, 7) is 1.90. The van der Waals surface area contributed by atoms with Crippen molar-refractivity contribution in [2.75, 3.05) is 25.5 Å². The summed E-state index contributed by atoms with van der Waals surface area (Å²) >= 11 is 0. The van der Waals surface area contributed by atoms with Gasteiger partial charge in [-0.2, -0.15) is 10.4 Å². The van der Waals surface area contributed by atoms with Gasteiger partial charge in [0.2, 0.25) is 17.7 Å². The number of nitrogens with zero attached hydrogens (tertiary/aromatic N) is 5. The zero-order valence-electron chi connectivity index (χ0n) is 17.9. The Morgan fingerprint density at radius 1 is 1.32 bits per heavy atom. The smallest absolute Gasteiger partial charge is 0.243 e. The lowest BCUT2D eigenvalue weighted by Crippen LogP contribution is -2.43. The third-order valence-electron chi connectivity index (χ3n) is 5.46. The van der Waals surface area contributed by atoms with E-state index in [1.165, 1.54) is 9.80 Å². The summed E-state index contributed by atoms with van der Waals surface area (Å²) in [6.07, 6.45) is 3.77. The Balaban J connectivity index is 1.58. The van der Waals surface area contributed by atoms with Crippen LogP contribution >= 0.6 is 0 Å². The quantitative estimate of drug-likeness (QED) is 0.750. The molecule has 1 N–H and O–H groups in total. The molecule has 1 aromatic heterocycles. The number of nitrogens with one attached hydrogen (secondary N) is 1. The number of para-hydroxylation sites is 1. The number of rotatable bonds is 6. The van der Waals surface area contributed by atoms with Crippen molar-refractivity contribution in [3.05, 3.63) is 47.8 Å². The minimum absolute atomic E-state index is 0.140. The molecule has 1 aliphatic heterocycles. The van der Waals surface area contributed by atoms with Gasteiger partial charge in [-0.3, -0.25) is 19.1 Å². The van der Waals surface area contributed by atoms with Crippen molar-refractivity contribution in [3.8, 4) is 6.07 Å². The van der Waals surface area contributed by atoms with Gasteiger partial charge in [0.15, 0.2) is 0 Å². The number of carbonyl (C=O) groups excluding carboxylic acids is 3. The average molecular weight is 422 g/mol. The number of nitriles is 1. The van der Waals surface area contributed by atoms with E-state index in [0.717, 1.165) is 11.1 Å². The normalized spacial score (nSPS) is 17.8. The van der Waals surface area contributed by atoms with Crippen LogP contribution in [0, 0.1) is 24.2 Å². The standard InChI is InChI=1S/C22H26N6O3/c1-15-6-4-5-7-19(15)25-22(31)17-9-18(10-23)28(13-17)21(30)14-26(2)20(29)8-16-11-24-27(3)12-16/h4-7,11-12,17-18H,8-9,13-14H2,1-3H3,(H,25,31). The van der Waals surface area contributed by atoms with E-state index in [0.29, 0.717) is 5.69 Å². The summed E-state index contributed by atoms with van der Waals surface area (Å²) in [4.78, 5) is 40.7. The first-order chi connectivity index (χ1) is 14.8. The maximum atomic E-state index is 12.8. The van der Waals surface area contributed by atoms with Crippen LogP contribution < -0.4 is 5.32 Å². The van der Waals surface area contributed by atoms with Gasteiger partial charge >= 0.3 is 0 Å². The third kappa shape index (κ3) is 5.28. The number of likely N-dealkylation sites (N-methyl/N-ethyl adjacent to an activating group) is 1. The van der Waals surface area contributed by atoms with Crippen LogP contribution in [-0.2, 0) is 27.9 Å². The number of carbonyl (C=O) groups is 3. The molecule has 2 atom stereocenters. The zero-order valence-corrected chi connectivity index (χ0v) is 17.9. The second kappa shape index (κ2) is 9.43. The number of likely N-dealkylation sites (tertiary alicyclic amines) is 1. The molecule has 0 aliphatic carbocycles. The Labute approximate surface area is 181 Å². The zero-order chi connectivity index (χ0) is 22.5. The van der Waals surface area contributed by atoms with Gasteiger partial charge in [-0.15, -0.1) is 0 Å². The van der Waals surface area contributed by atoms with Crippen LogP contribution in [0.2, 0.25) is 0 Å². The minimum atomic E-state index is -0.693. The lowest BCUT2D eigenvalue weighted by molar-refractivity contribution is -0.139. The largest absolute Gasteiger partial charge is 0.336 e. The Hall–Kier alpha value is -3.67. The molecule has 9 nitrogen and oxygen atoms in total. The maximum absolute atomic E-state index is 12.8. The number of amides is 3. The second-order valence-corrected chi connectivity index (χ2v) is 7.88. The van der Waals surface area contributed by atoms with Gasteiger partial charge in [-0.1, -0.05) is 18.2 Å². The molecule has 2 heterocycles. The Kier molecular flexibility index (Phi) is 6.70. The van der Waals surface area contributed by atoms with E-state index >= 15 is 0 Å². The summed E-state index contributed by atoms with van der Waals surface area (Å²) in [6, 6.07) is 8.86. The molecular formula is C22H26N6O3. The molecule has 1 aromatic carbocycles. The van der Waals surface area contributed by atoms with E-state index in [1.807, 2.05) is 31.2 Å². The molecule has 1 fully saturated rings. The van der Waals surface area contributed by atoms with Crippen molar-refractivity contribution in [1.29, 1.82) is 5.26 Å². The molecule has 162 valence electrons. The SMILES string of the molecule is Cc1ccccc1NC(=O)C1CC(C#N)N(C(=O)CN(C)C(=O)Cc2cnn(C)c2)C1. The van der Waals surface area contributed by atoms with E-state index in [-0.39, 0.29) is 43.7 Å². The maximum Gasteiger partial charge on any atom is 0.243 e. The molecule has 1 aliphatic rings. The van der Waals surface area contributed by atoms with Gasteiger partial charge in [-0.25, -0.2) is 0 Å². The van der Waals surface area contributed by atoms with Crippen LogP contribution in [0.5, 0.6) is 0 Å². The summed E-state index contributed by atoms with van der Waals surface area (Å²) in [7, 11) is 3.32. The summed E-state index contributed by atoms with van der Waals surface area (Å²) in [5.41, 5.74) is 2.41. The monoisotopic (exact) mass is 422 g/mol. The molecular weight excluding hydrogens is 396 g/mol. The predicted octanol–water partition coefficient (Wildman–Crippen LogP) is 1.11. The summed E-state index contributed by atoms with van der Waals surface area (Å²) < 4.78 is 1.61. The molecule has 2 unspecified atom stereocenters. The summed E-state index contributed by atoms with van der Waals surface area (Å²) in [5, 5.41) is 16.4. The second-order valence-electron chi connectivity index (χ2n) is 7.88. The van der Waals surface area contributed by atoms with Crippen LogP contribution in [0.3, 0.4) is 0 Å². The van der Waals surface area contributed by atoms with Gasteiger partial charge in [-0.05, 0) is 30.5 Å². The van der Waals surface area contributed by atoms with E-state index in [9.17, 15) is 19.6 Å². The average Bonchev–Trinajstić information content (AvgIpc) is 3.35. The minimum Gasteiger partial charge on any atom is -0.336 e. The van der Waals surface area contributed by atoms with Crippen LogP contribution in [0.4, 0.5) is 5.69 Å². The van der Waals surface area contributed by atoms with E-state index in [4.69, 9.17) is 0 Å². The molecule has 0 spiro atoms. The fourth-order valence-electron chi connectivity index (χ4n) is 3.63. The molecule has 0 bridgehead atoms. The molecule has 3 rings (SSSR count). The lowest BCUT2D eigenvalue weighted by Gasteiger charge is -2.23. The highest BCUT2D eigenvalue weighted by molar-refractivity contribution is 5.94. The highest BCUT2D eigenvalue weighted by Gasteiger charge is 2.39. The summed E-state index contributed by atoms with van der Waals surface area (Å²) in [5.74, 6) is -1.27. The van der Waals surface area contributed by atoms with Crippen molar-refractivity contribution in [3.63, 3.8) is 0 Å². The van der Waals surface area contributed by atoms with Gasteiger partial charge < -0.3 is 15.1 Å². The Bertz CT molecular complexity index is 1020. The Morgan fingerprint density at radius 3 is 2.71 bits per heavy atom. The van der Waals surface area contributed by atoms with E-state index in [1.54, 1.807) is 31.2 Å². The molecule has 9 heteroatoms. The fourth-order valence-corrected chi connectivity index (χ4v) is 3.63. The first-order valence-corrected chi connectivity index (χ1v) is 10.1. The van der Waals surface area contributed by atoms with Gasteiger partial charge in [0, 0.05) is 32.5 Å². The number of hydrogen-bond donors (Lipinski definition) is 1. The van der Waals surface area contributed by atoms with Crippen molar-refractivity contribution < 1.29 is 14.4 Å². The van der Waals surface area contributed by atoms with Crippen molar-refractivity contribution in [1.82, 2.24) is 19.6 Å². The topological polar surface area (TPSA) is 111 Å². The number of aromatic nitrogens is 2. The molecule has 31 heavy (non-hydrogen) atoms. The first-order valence-electron chi connectivity index (χ1n) is 10.1. The van der Waals surface area contributed by atoms with Crippen LogP contribution in [0.1, 0.15) is 17.5 Å². The lowest BCUT2D eigenvalue weighted by atomic mass is 10.0. The van der Waals surface area contributed by atoms with Crippen molar-refractivity contribution in [2.45, 2.75) is 25.8 Å². The fraction of sp³-hybridized carbons (Fsp3) is 0.409. The number of benzene rings is 1. The van der Waals surface area contributed by atoms with Crippen molar-refractivity contribution in [2.24, 2.45) is 13.0 Å². The van der Waals surface area contributed by atoms with Gasteiger partial charge in [0.05, 0.1) is 31.1 Å². The third-order valence-corrected chi connectivity index (χ3v) is 5.46. The van der Waals surface area contributed by atoms with E-state index in [2.05, 4.69) is 16.5 Å². The highest BCUT2D eigenvalue weighted by atomic mass is 16.2. The number of anilines is 1. The molecule has 1 saturated heterocycles. The van der Waals surface area contributed by atoms with Gasteiger partial charge in [0.1, 0.15) is 6.04 Å². The molecule has 2 aromatic rings. The Morgan fingerprint density at radius 2 is 2.06 bits per heavy atom. The van der Waals surface area contributed by atoms with Gasteiger partial charge in [0.25, 0.3) is 0 Å². The van der Waals surface area contributed by atoms with Crippen LogP contribution in [0.15, 0.2) is 36.7 Å². The van der Waals surface area contributed by atoms with Crippen molar-refractivity contribution >= 4 is 23.4 Å².